The molecule has 0 aromatic heterocycles. The topological polar surface area (TPSA) is 45.1 Å². The predicted octanol–water partition coefficient (Wildman–Crippen LogP) is 4.39. The molecule has 2 aromatic rings. The second-order valence-electron chi connectivity index (χ2n) is 5.64. The lowest BCUT2D eigenvalue weighted by Gasteiger charge is -2.26. The third-order valence-electron chi connectivity index (χ3n) is 3.86. The van der Waals surface area contributed by atoms with Crippen LogP contribution in [-0.4, -0.2) is 42.5 Å². The summed E-state index contributed by atoms with van der Waals surface area (Å²) in [5.74, 6) is 0.0348. The van der Waals surface area contributed by atoms with Crippen LogP contribution in [0.2, 0.25) is 5.02 Å². The summed E-state index contributed by atoms with van der Waals surface area (Å²) in [6.07, 6.45) is 1.61. The number of phenolic OH excluding ortho intramolecular Hbond substituents is 1. The predicted molar refractivity (Wildman–Crippen MR) is 101 cm³/mol. The largest absolute Gasteiger partial charge is 0.506 e. The minimum atomic E-state index is 0.0348. The van der Waals surface area contributed by atoms with Gasteiger partial charge in [0.05, 0.1) is 23.9 Å². The lowest BCUT2D eigenvalue weighted by Crippen LogP contribution is -2.35. The Balaban J connectivity index is 1.67. The summed E-state index contributed by atoms with van der Waals surface area (Å²) in [6.45, 7) is 4.49. The van der Waals surface area contributed by atoms with Crippen molar-refractivity contribution in [3.8, 4) is 5.75 Å². The van der Waals surface area contributed by atoms with Crippen LogP contribution in [0.1, 0.15) is 11.1 Å². The molecule has 6 heteroatoms. The molecule has 1 heterocycles. The highest BCUT2D eigenvalue weighted by Crippen LogP contribution is 2.30. The molecular formula is C18H18BrClN2O2. The fourth-order valence-electron chi connectivity index (χ4n) is 2.53. The molecule has 2 aromatic carbocycles. The van der Waals surface area contributed by atoms with E-state index in [0.717, 1.165) is 43.0 Å². The van der Waals surface area contributed by atoms with Gasteiger partial charge >= 0.3 is 0 Å². The van der Waals surface area contributed by atoms with Gasteiger partial charge in [-0.05, 0) is 29.8 Å². The zero-order valence-electron chi connectivity index (χ0n) is 13.1. The van der Waals surface area contributed by atoms with Gasteiger partial charge in [-0.1, -0.05) is 39.7 Å². The summed E-state index contributed by atoms with van der Waals surface area (Å²) in [4.78, 5) is 6.79. The van der Waals surface area contributed by atoms with Crippen LogP contribution in [0, 0.1) is 0 Å². The summed E-state index contributed by atoms with van der Waals surface area (Å²) in [5, 5.41) is 10.3. The van der Waals surface area contributed by atoms with Gasteiger partial charge in [-0.15, -0.1) is 0 Å². The van der Waals surface area contributed by atoms with E-state index < -0.39 is 0 Å². The van der Waals surface area contributed by atoms with E-state index >= 15 is 0 Å². The SMILES string of the molecule is Oc1c(Cl)cc(Br)cc1C=Nc1ccc(CN2CCOCC2)cc1. The van der Waals surface area contributed by atoms with Crippen molar-refractivity contribution >= 4 is 39.4 Å². The van der Waals surface area contributed by atoms with Crippen LogP contribution in [0.15, 0.2) is 45.9 Å². The number of rotatable bonds is 4. The molecule has 24 heavy (non-hydrogen) atoms. The van der Waals surface area contributed by atoms with E-state index in [9.17, 15) is 5.11 Å². The van der Waals surface area contributed by atoms with Crippen LogP contribution < -0.4 is 0 Å². The molecular weight excluding hydrogens is 392 g/mol. The zero-order valence-corrected chi connectivity index (χ0v) is 15.4. The number of morpholine rings is 1. The molecule has 3 rings (SSSR count). The van der Waals surface area contributed by atoms with Gasteiger partial charge < -0.3 is 9.84 Å². The van der Waals surface area contributed by atoms with Crippen molar-refractivity contribution < 1.29 is 9.84 Å². The first-order valence-corrected chi connectivity index (χ1v) is 8.90. The van der Waals surface area contributed by atoms with Gasteiger partial charge in [0.25, 0.3) is 0 Å². The average Bonchev–Trinajstić information content (AvgIpc) is 2.59. The maximum atomic E-state index is 9.97. The Morgan fingerprint density at radius 1 is 1.21 bits per heavy atom. The molecule has 126 valence electrons. The number of nitrogens with zero attached hydrogens (tertiary/aromatic N) is 2. The Labute approximate surface area is 154 Å². The van der Waals surface area contributed by atoms with Crippen molar-refractivity contribution in [3.63, 3.8) is 0 Å². The van der Waals surface area contributed by atoms with E-state index in [1.54, 1.807) is 18.3 Å². The summed E-state index contributed by atoms with van der Waals surface area (Å²) in [5.41, 5.74) is 2.66. The number of halogens is 2. The summed E-state index contributed by atoms with van der Waals surface area (Å²) >= 11 is 9.32. The molecule has 0 unspecified atom stereocenters. The molecule has 0 spiro atoms. The average molecular weight is 410 g/mol. The Hall–Kier alpha value is -1.40. The highest BCUT2D eigenvalue weighted by Gasteiger charge is 2.10. The fraction of sp³-hybridized carbons (Fsp3) is 0.278. The van der Waals surface area contributed by atoms with Crippen molar-refractivity contribution in [3.05, 3.63) is 57.0 Å². The first kappa shape index (κ1) is 17.4. The summed E-state index contributed by atoms with van der Waals surface area (Å²) in [6, 6.07) is 11.5. The zero-order chi connectivity index (χ0) is 16.9. The number of hydrogen-bond donors (Lipinski definition) is 1. The van der Waals surface area contributed by atoms with Crippen LogP contribution in [-0.2, 0) is 11.3 Å². The minimum absolute atomic E-state index is 0.0348. The molecule has 4 nitrogen and oxygen atoms in total. The molecule has 1 aliphatic rings. The first-order chi connectivity index (χ1) is 11.6. The monoisotopic (exact) mass is 408 g/mol. The van der Waals surface area contributed by atoms with Gasteiger partial charge in [0.15, 0.2) is 0 Å². The lowest BCUT2D eigenvalue weighted by atomic mass is 10.2. The second kappa shape index (κ2) is 8.12. The standard InChI is InChI=1S/C18H18BrClN2O2/c19-15-9-14(18(23)17(20)10-15)11-21-16-3-1-13(2-4-16)12-22-5-7-24-8-6-22/h1-4,9-11,23H,5-8,12H2. The highest BCUT2D eigenvalue weighted by atomic mass is 79.9. The second-order valence-corrected chi connectivity index (χ2v) is 6.96. The smallest absolute Gasteiger partial charge is 0.143 e. The number of ether oxygens (including phenoxy) is 1. The number of phenols is 1. The molecule has 0 bridgehead atoms. The number of aliphatic imine (C=N–C) groups is 1. The van der Waals surface area contributed by atoms with E-state index in [1.807, 2.05) is 12.1 Å². The molecule has 1 fully saturated rings. The van der Waals surface area contributed by atoms with Gasteiger partial charge in [0.2, 0.25) is 0 Å². The van der Waals surface area contributed by atoms with E-state index in [2.05, 4.69) is 38.0 Å². The van der Waals surface area contributed by atoms with Crippen molar-refractivity contribution in [1.29, 1.82) is 0 Å². The molecule has 0 amide bonds. The van der Waals surface area contributed by atoms with Crippen LogP contribution in [0.4, 0.5) is 5.69 Å². The molecule has 0 aliphatic carbocycles. The maximum absolute atomic E-state index is 9.97. The fourth-order valence-corrected chi connectivity index (χ4v) is 3.37. The third-order valence-corrected chi connectivity index (χ3v) is 4.60. The number of aromatic hydroxyl groups is 1. The van der Waals surface area contributed by atoms with Crippen molar-refractivity contribution in [2.45, 2.75) is 6.54 Å². The molecule has 1 N–H and O–H groups in total. The molecule has 1 aliphatic heterocycles. The maximum Gasteiger partial charge on any atom is 0.143 e. The van der Waals surface area contributed by atoms with Crippen LogP contribution >= 0.6 is 27.5 Å². The van der Waals surface area contributed by atoms with Crippen LogP contribution in [0.25, 0.3) is 0 Å². The third kappa shape index (κ3) is 4.57. The molecule has 0 atom stereocenters. The number of benzene rings is 2. The van der Waals surface area contributed by atoms with Crippen LogP contribution in [0.3, 0.4) is 0 Å². The quantitative estimate of drug-likeness (QED) is 0.762. The van der Waals surface area contributed by atoms with Gasteiger partial charge in [-0.3, -0.25) is 9.89 Å². The Kier molecular flexibility index (Phi) is 5.89. The van der Waals surface area contributed by atoms with Gasteiger partial charge in [0, 0.05) is 35.9 Å². The Bertz CT molecular complexity index is 729. The normalized spacial score (nSPS) is 15.9. The Morgan fingerprint density at radius 2 is 1.92 bits per heavy atom. The van der Waals surface area contributed by atoms with E-state index in [1.165, 1.54) is 5.56 Å². The van der Waals surface area contributed by atoms with Crippen molar-refractivity contribution in [2.24, 2.45) is 4.99 Å². The van der Waals surface area contributed by atoms with E-state index in [0.29, 0.717) is 10.6 Å². The van der Waals surface area contributed by atoms with E-state index in [4.69, 9.17) is 16.3 Å². The summed E-state index contributed by atoms with van der Waals surface area (Å²) in [7, 11) is 0. The lowest BCUT2D eigenvalue weighted by molar-refractivity contribution is 0.0342. The molecule has 0 radical (unpaired) electrons. The first-order valence-electron chi connectivity index (χ1n) is 7.73. The minimum Gasteiger partial charge on any atom is -0.506 e. The number of hydrogen-bond acceptors (Lipinski definition) is 4. The van der Waals surface area contributed by atoms with Gasteiger partial charge in [0.1, 0.15) is 5.75 Å². The van der Waals surface area contributed by atoms with Crippen molar-refractivity contribution in [1.82, 2.24) is 4.90 Å². The van der Waals surface area contributed by atoms with Gasteiger partial charge in [-0.2, -0.15) is 0 Å². The summed E-state index contributed by atoms with van der Waals surface area (Å²) < 4.78 is 6.16. The Morgan fingerprint density at radius 3 is 2.62 bits per heavy atom. The highest BCUT2D eigenvalue weighted by molar-refractivity contribution is 9.10. The van der Waals surface area contributed by atoms with Crippen LogP contribution in [0.5, 0.6) is 5.75 Å². The van der Waals surface area contributed by atoms with E-state index in [-0.39, 0.29) is 5.75 Å². The van der Waals surface area contributed by atoms with Crippen molar-refractivity contribution in [2.75, 3.05) is 26.3 Å². The van der Waals surface area contributed by atoms with Gasteiger partial charge in [-0.25, -0.2) is 0 Å². The molecule has 1 saturated heterocycles. The molecule has 0 saturated carbocycles.